The Kier molecular flexibility index (Phi) is 4.08. The van der Waals surface area contributed by atoms with E-state index in [1.54, 1.807) is 11.8 Å². The summed E-state index contributed by atoms with van der Waals surface area (Å²) in [5.74, 6) is 1.64. The zero-order valence-electron chi connectivity index (χ0n) is 12.9. The van der Waals surface area contributed by atoms with Gasteiger partial charge in [-0.2, -0.15) is 0 Å². The van der Waals surface area contributed by atoms with Gasteiger partial charge in [0.1, 0.15) is 11.1 Å². The molecular weight excluding hydrogens is 344 g/mol. The average molecular weight is 359 g/mol. The van der Waals surface area contributed by atoms with Crippen LogP contribution in [0, 0.1) is 0 Å². The molecule has 1 aliphatic heterocycles. The number of hydrogen-bond donors (Lipinski definition) is 1. The molecule has 1 atom stereocenters. The lowest BCUT2D eigenvalue weighted by atomic mass is 10.2. The van der Waals surface area contributed by atoms with Crippen LogP contribution in [0.25, 0.3) is 11.4 Å². The third-order valence-electron chi connectivity index (χ3n) is 3.70. The maximum Gasteiger partial charge on any atom is 0.212 e. The van der Waals surface area contributed by atoms with Gasteiger partial charge in [0, 0.05) is 10.6 Å². The summed E-state index contributed by atoms with van der Waals surface area (Å²) < 4.78 is 7.41. The zero-order valence-corrected chi connectivity index (χ0v) is 14.5. The van der Waals surface area contributed by atoms with Crippen LogP contribution in [0.2, 0.25) is 5.02 Å². The first-order valence-electron chi connectivity index (χ1n) is 7.62. The van der Waals surface area contributed by atoms with Crippen molar-refractivity contribution in [3.05, 3.63) is 59.1 Å². The number of fused-ring (bicyclic) bond motifs is 1. The highest BCUT2D eigenvalue weighted by atomic mass is 35.5. The molecule has 1 aromatic heterocycles. The highest BCUT2D eigenvalue weighted by molar-refractivity contribution is 7.99. The molecule has 0 radical (unpaired) electrons. The van der Waals surface area contributed by atoms with Crippen LogP contribution in [0.4, 0.5) is 0 Å². The van der Waals surface area contributed by atoms with Crippen molar-refractivity contribution < 1.29 is 4.74 Å². The largest absolute Gasteiger partial charge is 0.494 e. The molecule has 0 unspecified atom stereocenters. The number of thioether (sulfide) groups is 1. The second-order valence-electron chi connectivity index (χ2n) is 5.28. The van der Waals surface area contributed by atoms with Gasteiger partial charge in [-0.05, 0) is 48.9 Å². The van der Waals surface area contributed by atoms with Crippen LogP contribution in [0.15, 0.2) is 53.7 Å². The van der Waals surface area contributed by atoms with Crippen molar-refractivity contribution in [1.29, 1.82) is 0 Å². The lowest BCUT2D eigenvalue weighted by Crippen LogP contribution is -2.13. The third kappa shape index (κ3) is 2.83. The lowest BCUT2D eigenvalue weighted by Gasteiger charge is -2.12. The van der Waals surface area contributed by atoms with Crippen molar-refractivity contribution in [2.75, 3.05) is 12.0 Å². The summed E-state index contributed by atoms with van der Waals surface area (Å²) in [7, 11) is 0. The highest BCUT2D eigenvalue weighted by Crippen LogP contribution is 2.40. The Balaban J connectivity index is 1.59. The summed E-state index contributed by atoms with van der Waals surface area (Å²) in [6.45, 7) is 2.62. The molecule has 2 aromatic carbocycles. The van der Waals surface area contributed by atoms with Gasteiger partial charge in [-0.1, -0.05) is 35.5 Å². The first-order chi connectivity index (χ1) is 11.7. The number of hydrogen-bond acceptors (Lipinski definition) is 5. The van der Waals surface area contributed by atoms with Crippen molar-refractivity contribution >= 4 is 23.4 Å². The first-order valence-corrected chi connectivity index (χ1v) is 8.87. The molecule has 0 saturated carbocycles. The van der Waals surface area contributed by atoms with E-state index in [0.29, 0.717) is 6.61 Å². The fraction of sp³-hybridized carbons (Fsp3) is 0.176. The molecule has 2 heterocycles. The van der Waals surface area contributed by atoms with E-state index < -0.39 is 0 Å². The number of benzene rings is 2. The highest BCUT2D eigenvalue weighted by Gasteiger charge is 2.28. The molecule has 0 saturated heterocycles. The number of nitrogens with one attached hydrogen (secondary N) is 1. The minimum absolute atomic E-state index is 0.0919. The average Bonchev–Trinajstić information content (AvgIpc) is 3.17. The molecule has 0 amide bonds. The Bertz CT molecular complexity index is 848. The smallest absolute Gasteiger partial charge is 0.212 e. The van der Waals surface area contributed by atoms with Gasteiger partial charge >= 0.3 is 0 Å². The van der Waals surface area contributed by atoms with Gasteiger partial charge in [-0.15, -0.1) is 10.2 Å². The number of halogens is 1. The van der Waals surface area contributed by atoms with Crippen LogP contribution in [0.5, 0.6) is 5.75 Å². The van der Waals surface area contributed by atoms with E-state index in [4.69, 9.17) is 16.3 Å². The monoisotopic (exact) mass is 358 g/mol. The van der Waals surface area contributed by atoms with Crippen molar-refractivity contribution in [2.24, 2.45) is 0 Å². The number of rotatable bonds is 4. The molecule has 4 rings (SSSR count). The molecule has 0 fully saturated rings. The Labute approximate surface area is 149 Å². The Morgan fingerprint density at radius 2 is 1.88 bits per heavy atom. The second-order valence-corrected chi connectivity index (χ2v) is 6.79. The number of aromatic nitrogens is 3. The van der Waals surface area contributed by atoms with Crippen LogP contribution in [-0.2, 0) is 0 Å². The van der Waals surface area contributed by atoms with Crippen LogP contribution in [-0.4, -0.2) is 21.5 Å². The minimum atomic E-state index is 0.0919. The quantitative estimate of drug-likeness (QED) is 0.751. The van der Waals surface area contributed by atoms with Gasteiger partial charge in [0.05, 0.1) is 6.61 Å². The van der Waals surface area contributed by atoms with E-state index in [2.05, 4.69) is 15.6 Å². The lowest BCUT2D eigenvalue weighted by molar-refractivity contribution is 0.340. The SMILES string of the molecule is CCOc1ccc(-c2nnc3n2N[C@@H](c2ccc(Cl)cc2)S3)cc1. The van der Waals surface area contributed by atoms with Crippen molar-refractivity contribution in [3.63, 3.8) is 0 Å². The van der Waals surface area contributed by atoms with Gasteiger partial charge in [-0.25, -0.2) is 4.68 Å². The Morgan fingerprint density at radius 1 is 1.12 bits per heavy atom. The van der Waals surface area contributed by atoms with E-state index in [1.165, 1.54) is 0 Å². The summed E-state index contributed by atoms with van der Waals surface area (Å²) in [6, 6.07) is 15.7. The number of nitrogens with zero attached hydrogens (tertiary/aromatic N) is 3. The van der Waals surface area contributed by atoms with Crippen molar-refractivity contribution in [2.45, 2.75) is 17.5 Å². The molecule has 1 aliphatic rings. The molecule has 0 bridgehead atoms. The van der Waals surface area contributed by atoms with E-state index in [-0.39, 0.29) is 5.37 Å². The summed E-state index contributed by atoms with van der Waals surface area (Å²) in [5.41, 5.74) is 5.57. The molecule has 0 aliphatic carbocycles. The minimum Gasteiger partial charge on any atom is -0.494 e. The number of ether oxygens (including phenoxy) is 1. The predicted octanol–water partition coefficient (Wildman–Crippen LogP) is 4.35. The van der Waals surface area contributed by atoms with Gasteiger partial charge in [-0.3, -0.25) is 0 Å². The van der Waals surface area contributed by atoms with Crippen molar-refractivity contribution in [1.82, 2.24) is 14.9 Å². The Morgan fingerprint density at radius 3 is 2.58 bits per heavy atom. The molecular formula is C17H15ClN4OS. The fourth-order valence-electron chi connectivity index (χ4n) is 2.55. The van der Waals surface area contributed by atoms with Crippen LogP contribution < -0.4 is 10.2 Å². The topological polar surface area (TPSA) is 52.0 Å². The van der Waals surface area contributed by atoms with Crippen LogP contribution in [0.3, 0.4) is 0 Å². The molecule has 24 heavy (non-hydrogen) atoms. The van der Waals surface area contributed by atoms with Gasteiger partial charge in [0.25, 0.3) is 0 Å². The van der Waals surface area contributed by atoms with Gasteiger partial charge < -0.3 is 10.2 Å². The zero-order chi connectivity index (χ0) is 16.5. The molecule has 3 aromatic rings. The van der Waals surface area contributed by atoms with Crippen LogP contribution in [0.1, 0.15) is 17.9 Å². The molecule has 1 N–H and O–H groups in total. The van der Waals surface area contributed by atoms with E-state index in [0.717, 1.165) is 32.9 Å². The normalized spacial score (nSPS) is 15.8. The summed E-state index contributed by atoms with van der Waals surface area (Å²) in [4.78, 5) is 0. The maximum atomic E-state index is 5.96. The molecule has 7 heteroatoms. The third-order valence-corrected chi connectivity index (χ3v) is 5.04. The maximum absolute atomic E-state index is 5.96. The predicted molar refractivity (Wildman–Crippen MR) is 96.0 cm³/mol. The van der Waals surface area contributed by atoms with E-state index >= 15 is 0 Å². The van der Waals surface area contributed by atoms with Gasteiger partial charge in [0.2, 0.25) is 5.16 Å². The second kappa shape index (κ2) is 6.37. The summed E-state index contributed by atoms with van der Waals surface area (Å²) >= 11 is 7.59. The standard InChI is InChI=1S/C17H15ClN4OS/c1-2-23-14-9-5-11(6-10-14)15-19-20-17-22(15)21-16(24-17)12-3-7-13(18)8-4-12/h3-10,16,21H,2H2,1H3/t16-/m1/s1. The van der Waals surface area contributed by atoms with Crippen molar-refractivity contribution in [3.8, 4) is 17.1 Å². The molecule has 0 spiro atoms. The van der Waals surface area contributed by atoms with Crippen LogP contribution >= 0.6 is 23.4 Å². The summed E-state index contributed by atoms with van der Waals surface area (Å²) in [6.07, 6.45) is 0. The molecule has 5 nitrogen and oxygen atoms in total. The van der Waals surface area contributed by atoms with Gasteiger partial charge in [0.15, 0.2) is 5.82 Å². The van der Waals surface area contributed by atoms with E-state index in [1.807, 2.05) is 60.1 Å². The Hall–Kier alpha value is -2.18. The fourth-order valence-corrected chi connectivity index (χ4v) is 3.67. The first kappa shape index (κ1) is 15.4. The molecule has 122 valence electrons. The summed E-state index contributed by atoms with van der Waals surface area (Å²) in [5, 5.41) is 10.2. The van der Waals surface area contributed by atoms with E-state index in [9.17, 15) is 0 Å².